The number of halogens is 2. The van der Waals surface area contributed by atoms with Crippen molar-refractivity contribution in [3.05, 3.63) is 71.3 Å². The summed E-state index contributed by atoms with van der Waals surface area (Å²) < 4.78 is 26.7. The van der Waals surface area contributed by atoms with Gasteiger partial charge in [0, 0.05) is 17.6 Å². The van der Waals surface area contributed by atoms with Crippen LogP contribution in [0.5, 0.6) is 0 Å². The van der Waals surface area contributed by atoms with Gasteiger partial charge in [0.1, 0.15) is 11.6 Å². The monoisotopic (exact) mass is 275 g/mol. The summed E-state index contributed by atoms with van der Waals surface area (Å²) in [5.41, 5.74) is 1.66. The lowest BCUT2D eigenvalue weighted by Gasteiger charge is -2.23. The van der Waals surface area contributed by atoms with Crippen molar-refractivity contribution in [2.24, 2.45) is 0 Å². The third-order valence-corrected chi connectivity index (χ3v) is 3.50. The molecule has 20 heavy (non-hydrogen) atoms. The molecule has 0 saturated heterocycles. The summed E-state index contributed by atoms with van der Waals surface area (Å²) in [6.07, 6.45) is 0.852. The first kappa shape index (κ1) is 14.7. The maximum Gasteiger partial charge on any atom is 0.127 e. The molecule has 1 N–H and O–H groups in total. The molecule has 0 aromatic heterocycles. The summed E-state index contributed by atoms with van der Waals surface area (Å²) in [6.45, 7) is 3.99. The molecular weight excluding hydrogens is 256 g/mol. The SMILES string of the molecule is CCC(NC(C)c1ccccc1F)c1ccc(F)cc1. The highest BCUT2D eigenvalue weighted by Gasteiger charge is 2.16. The van der Waals surface area contributed by atoms with Crippen molar-refractivity contribution in [2.75, 3.05) is 0 Å². The summed E-state index contributed by atoms with van der Waals surface area (Å²) in [4.78, 5) is 0. The molecule has 0 aliphatic carbocycles. The van der Waals surface area contributed by atoms with E-state index in [4.69, 9.17) is 0 Å². The van der Waals surface area contributed by atoms with Crippen LogP contribution in [0.3, 0.4) is 0 Å². The molecule has 0 aliphatic heterocycles. The van der Waals surface area contributed by atoms with E-state index >= 15 is 0 Å². The Balaban J connectivity index is 2.14. The zero-order chi connectivity index (χ0) is 14.5. The van der Waals surface area contributed by atoms with E-state index in [-0.39, 0.29) is 23.7 Å². The number of hydrogen-bond acceptors (Lipinski definition) is 1. The molecule has 0 bridgehead atoms. The second-order valence-electron chi connectivity index (χ2n) is 4.92. The van der Waals surface area contributed by atoms with Crippen molar-refractivity contribution >= 4 is 0 Å². The maximum atomic E-state index is 13.8. The van der Waals surface area contributed by atoms with Crippen LogP contribution in [-0.2, 0) is 0 Å². The van der Waals surface area contributed by atoms with E-state index in [1.807, 2.05) is 13.0 Å². The van der Waals surface area contributed by atoms with Crippen molar-refractivity contribution < 1.29 is 8.78 Å². The number of hydrogen-bond donors (Lipinski definition) is 1. The summed E-state index contributed by atoms with van der Waals surface area (Å²) in [7, 11) is 0. The Morgan fingerprint density at radius 3 is 2.25 bits per heavy atom. The molecule has 0 fully saturated rings. The van der Waals surface area contributed by atoms with Crippen LogP contribution in [0.4, 0.5) is 8.78 Å². The topological polar surface area (TPSA) is 12.0 Å². The summed E-state index contributed by atoms with van der Waals surface area (Å²) >= 11 is 0. The van der Waals surface area contributed by atoms with Crippen LogP contribution in [0.25, 0.3) is 0 Å². The van der Waals surface area contributed by atoms with Crippen LogP contribution in [0.2, 0.25) is 0 Å². The molecule has 0 heterocycles. The Bertz CT molecular complexity index is 551. The lowest BCUT2D eigenvalue weighted by Crippen LogP contribution is -2.24. The molecule has 0 spiro atoms. The summed E-state index contributed by atoms with van der Waals surface area (Å²) in [5.74, 6) is -0.452. The van der Waals surface area contributed by atoms with Gasteiger partial charge in [0.2, 0.25) is 0 Å². The lowest BCUT2D eigenvalue weighted by molar-refractivity contribution is 0.442. The van der Waals surface area contributed by atoms with Gasteiger partial charge in [0.15, 0.2) is 0 Å². The van der Waals surface area contributed by atoms with Gasteiger partial charge in [-0.25, -0.2) is 8.78 Å². The molecular formula is C17H19F2N. The molecule has 2 aromatic rings. The second-order valence-corrected chi connectivity index (χ2v) is 4.92. The Labute approximate surface area is 118 Å². The standard InChI is InChI=1S/C17H19F2N/c1-3-17(13-8-10-14(18)11-9-13)20-12(2)15-6-4-5-7-16(15)19/h4-12,17,20H,3H2,1-2H3. The fraction of sp³-hybridized carbons (Fsp3) is 0.294. The average molecular weight is 275 g/mol. The van der Waals surface area contributed by atoms with Gasteiger partial charge >= 0.3 is 0 Å². The van der Waals surface area contributed by atoms with Crippen LogP contribution < -0.4 is 5.32 Å². The molecule has 2 aromatic carbocycles. The quantitative estimate of drug-likeness (QED) is 0.829. The first-order valence-corrected chi connectivity index (χ1v) is 6.87. The van der Waals surface area contributed by atoms with E-state index in [1.165, 1.54) is 18.2 Å². The van der Waals surface area contributed by atoms with Crippen LogP contribution in [0, 0.1) is 11.6 Å². The van der Waals surface area contributed by atoms with Crippen molar-refractivity contribution in [2.45, 2.75) is 32.4 Å². The van der Waals surface area contributed by atoms with Gasteiger partial charge in [-0.05, 0) is 37.1 Å². The molecule has 2 atom stereocenters. The fourth-order valence-electron chi connectivity index (χ4n) is 2.36. The third-order valence-electron chi connectivity index (χ3n) is 3.50. The Kier molecular flexibility index (Phi) is 4.85. The highest BCUT2D eigenvalue weighted by molar-refractivity contribution is 5.23. The summed E-state index contributed by atoms with van der Waals surface area (Å²) in [5, 5.41) is 3.40. The van der Waals surface area contributed by atoms with Crippen molar-refractivity contribution in [1.29, 1.82) is 0 Å². The van der Waals surface area contributed by atoms with E-state index in [9.17, 15) is 8.78 Å². The lowest BCUT2D eigenvalue weighted by atomic mass is 10.0. The first-order chi connectivity index (χ1) is 9.61. The normalized spacial score (nSPS) is 14.0. The van der Waals surface area contributed by atoms with Crippen LogP contribution >= 0.6 is 0 Å². The Hall–Kier alpha value is -1.74. The van der Waals surface area contributed by atoms with Crippen LogP contribution in [-0.4, -0.2) is 0 Å². The number of benzene rings is 2. The van der Waals surface area contributed by atoms with Gasteiger partial charge in [0.05, 0.1) is 0 Å². The smallest absolute Gasteiger partial charge is 0.127 e. The van der Waals surface area contributed by atoms with Crippen molar-refractivity contribution in [3.63, 3.8) is 0 Å². The number of nitrogens with one attached hydrogen (secondary N) is 1. The molecule has 3 heteroatoms. The molecule has 2 unspecified atom stereocenters. The predicted octanol–water partition coefficient (Wildman–Crippen LogP) is 4.77. The first-order valence-electron chi connectivity index (χ1n) is 6.87. The minimum atomic E-state index is -0.245. The zero-order valence-electron chi connectivity index (χ0n) is 11.7. The molecule has 0 saturated carbocycles. The minimum Gasteiger partial charge on any atom is -0.303 e. The zero-order valence-corrected chi connectivity index (χ0v) is 11.7. The highest BCUT2D eigenvalue weighted by atomic mass is 19.1. The molecule has 0 amide bonds. The van der Waals surface area contributed by atoms with Gasteiger partial charge in [-0.15, -0.1) is 0 Å². The molecule has 2 rings (SSSR count). The van der Waals surface area contributed by atoms with Gasteiger partial charge < -0.3 is 5.32 Å². The third kappa shape index (κ3) is 3.42. The van der Waals surface area contributed by atoms with Gasteiger partial charge in [-0.2, -0.15) is 0 Å². The second kappa shape index (κ2) is 6.62. The van der Waals surface area contributed by atoms with Crippen molar-refractivity contribution in [3.8, 4) is 0 Å². The molecule has 1 nitrogen and oxygen atoms in total. The van der Waals surface area contributed by atoms with Gasteiger partial charge in [-0.1, -0.05) is 37.3 Å². The van der Waals surface area contributed by atoms with E-state index in [2.05, 4.69) is 12.2 Å². The number of rotatable bonds is 5. The van der Waals surface area contributed by atoms with Crippen LogP contribution in [0.15, 0.2) is 48.5 Å². The molecule has 106 valence electrons. The van der Waals surface area contributed by atoms with Crippen molar-refractivity contribution in [1.82, 2.24) is 5.32 Å². The van der Waals surface area contributed by atoms with Gasteiger partial charge in [0.25, 0.3) is 0 Å². The predicted molar refractivity (Wildman–Crippen MR) is 77.4 cm³/mol. The maximum absolute atomic E-state index is 13.8. The highest BCUT2D eigenvalue weighted by Crippen LogP contribution is 2.23. The Morgan fingerprint density at radius 2 is 1.65 bits per heavy atom. The van der Waals surface area contributed by atoms with Gasteiger partial charge in [-0.3, -0.25) is 0 Å². The van der Waals surface area contributed by atoms with Crippen LogP contribution in [0.1, 0.15) is 43.5 Å². The molecule has 0 aliphatic rings. The average Bonchev–Trinajstić information content (AvgIpc) is 2.46. The molecule has 0 radical (unpaired) electrons. The summed E-state index contributed by atoms with van der Waals surface area (Å²) in [6, 6.07) is 13.2. The fourth-order valence-corrected chi connectivity index (χ4v) is 2.36. The Morgan fingerprint density at radius 1 is 1.00 bits per heavy atom. The van der Waals surface area contributed by atoms with E-state index < -0.39 is 0 Å². The van der Waals surface area contributed by atoms with E-state index in [0.717, 1.165) is 12.0 Å². The minimum absolute atomic E-state index is 0.0743. The van der Waals surface area contributed by atoms with E-state index in [1.54, 1.807) is 24.3 Å². The van der Waals surface area contributed by atoms with E-state index in [0.29, 0.717) is 5.56 Å². The largest absolute Gasteiger partial charge is 0.303 e.